The molecule has 1 amide bonds. The maximum absolute atomic E-state index is 12.1. The van der Waals surface area contributed by atoms with E-state index in [2.05, 4.69) is 27.0 Å². The van der Waals surface area contributed by atoms with E-state index >= 15 is 0 Å². The van der Waals surface area contributed by atoms with Gasteiger partial charge in [0.05, 0.1) is 17.6 Å². The highest BCUT2D eigenvalue weighted by Gasteiger charge is 2.21. The molecule has 0 bridgehead atoms. The summed E-state index contributed by atoms with van der Waals surface area (Å²) in [6.07, 6.45) is 3.96. The third kappa shape index (κ3) is 4.61. The van der Waals surface area contributed by atoms with Crippen LogP contribution in [-0.4, -0.2) is 50.9 Å². The van der Waals surface area contributed by atoms with Crippen molar-refractivity contribution in [1.29, 1.82) is 0 Å². The Kier molecular flexibility index (Phi) is 6.03. The monoisotopic (exact) mass is 417 g/mol. The van der Waals surface area contributed by atoms with Gasteiger partial charge in [-0.15, -0.1) is 16.1 Å². The van der Waals surface area contributed by atoms with Crippen molar-refractivity contribution < 1.29 is 15.4 Å². The van der Waals surface area contributed by atoms with Crippen LogP contribution in [0.25, 0.3) is 28.6 Å². The Morgan fingerprint density at radius 3 is 2.81 bits per heavy atom. The van der Waals surface area contributed by atoms with Gasteiger partial charge < -0.3 is 14.1 Å². The smallest absolute Gasteiger partial charge is 0.411 e. The van der Waals surface area contributed by atoms with E-state index < -0.39 is 0 Å². The van der Waals surface area contributed by atoms with E-state index in [9.17, 15) is 4.79 Å². The highest BCUT2D eigenvalue weighted by Crippen LogP contribution is 2.27. The fourth-order valence-corrected chi connectivity index (χ4v) is 3.15. The molecule has 2 aromatic heterocycles. The number of aromatic nitrogens is 4. The number of hydrogen-bond acceptors (Lipinski definition) is 7. The van der Waals surface area contributed by atoms with Crippen molar-refractivity contribution in [2.75, 3.05) is 19.7 Å². The Bertz CT molecular complexity index is 1180. The fraction of sp³-hybridized carbons (Fsp3) is 0.261. The van der Waals surface area contributed by atoms with E-state index in [-0.39, 0.29) is 14.1 Å². The first-order valence-corrected chi connectivity index (χ1v) is 9.89. The largest absolute Gasteiger partial charge is 0.436 e. The molecule has 3 aromatic rings. The third-order valence-electron chi connectivity index (χ3n) is 4.84. The van der Waals surface area contributed by atoms with Gasteiger partial charge in [-0.3, -0.25) is 4.98 Å². The third-order valence-corrected chi connectivity index (χ3v) is 4.84. The first-order valence-electron chi connectivity index (χ1n) is 9.89. The molecule has 0 saturated carbocycles. The van der Waals surface area contributed by atoms with E-state index in [1.54, 1.807) is 18.0 Å². The molecule has 4 rings (SSSR count). The molecule has 0 atom stereocenters. The number of benzene rings is 1. The summed E-state index contributed by atoms with van der Waals surface area (Å²) in [4.78, 5) is 22.9. The normalized spacial score (nSPS) is 13.2. The maximum atomic E-state index is 12.1. The van der Waals surface area contributed by atoms with Crippen molar-refractivity contribution in [1.82, 2.24) is 25.1 Å². The Morgan fingerprint density at radius 1 is 1.26 bits per heavy atom. The van der Waals surface area contributed by atoms with Crippen molar-refractivity contribution >= 4 is 11.7 Å². The summed E-state index contributed by atoms with van der Waals surface area (Å²) < 4.78 is 11.0. The van der Waals surface area contributed by atoms with E-state index in [0.29, 0.717) is 42.7 Å². The maximum Gasteiger partial charge on any atom is 0.411 e. The molecule has 0 spiro atoms. The Labute approximate surface area is 181 Å². The summed E-state index contributed by atoms with van der Waals surface area (Å²) >= 11 is 0. The summed E-state index contributed by atoms with van der Waals surface area (Å²) in [6, 6.07) is 9.57. The molecule has 8 heteroatoms. The van der Waals surface area contributed by atoms with E-state index in [1.165, 1.54) is 0 Å². The zero-order valence-electron chi connectivity index (χ0n) is 17.3. The first kappa shape index (κ1) is 20.3. The van der Waals surface area contributed by atoms with Gasteiger partial charge in [0.1, 0.15) is 5.69 Å². The zero-order chi connectivity index (χ0) is 21.6. The molecule has 0 saturated heterocycles. The van der Waals surface area contributed by atoms with Crippen LogP contribution in [0.3, 0.4) is 0 Å². The number of carbonyl (C=O) groups is 1. The van der Waals surface area contributed by atoms with Gasteiger partial charge >= 0.3 is 6.09 Å². The SMILES string of the molecule is CC#CCOC(=O)N1CC=C(c2cnc(C)c(-c3nnc(-c4ccccc4)o3)n2)CC1.[HH]. The first-order chi connectivity index (χ1) is 15.2. The number of hydrogen-bond donors (Lipinski definition) is 0. The van der Waals surface area contributed by atoms with Gasteiger partial charge in [-0.1, -0.05) is 30.2 Å². The van der Waals surface area contributed by atoms with Gasteiger partial charge in [-0.05, 0) is 38.0 Å². The fourth-order valence-electron chi connectivity index (χ4n) is 3.15. The lowest BCUT2D eigenvalue weighted by Gasteiger charge is -2.25. The van der Waals surface area contributed by atoms with Gasteiger partial charge in [0.25, 0.3) is 5.89 Å². The quantitative estimate of drug-likeness (QED) is 0.592. The minimum absolute atomic E-state index is 0. The van der Waals surface area contributed by atoms with E-state index in [4.69, 9.17) is 14.1 Å². The number of rotatable bonds is 4. The van der Waals surface area contributed by atoms with Crippen molar-refractivity contribution in [3.8, 4) is 34.9 Å². The number of nitrogens with zero attached hydrogens (tertiary/aromatic N) is 5. The summed E-state index contributed by atoms with van der Waals surface area (Å²) in [5.74, 6) is 6.17. The van der Waals surface area contributed by atoms with Crippen molar-refractivity contribution in [2.45, 2.75) is 20.3 Å². The lowest BCUT2D eigenvalue weighted by molar-refractivity contribution is 0.118. The van der Waals surface area contributed by atoms with E-state index in [0.717, 1.165) is 16.8 Å². The molecule has 0 fully saturated rings. The van der Waals surface area contributed by atoms with E-state index in [1.807, 2.05) is 43.3 Å². The van der Waals surface area contributed by atoms with Crippen LogP contribution in [0.2, 0.25) is 0 Å². The van der Waals surface area contributed by atoms with Crippen molar-refractivity contribution in [3.63, 3.8) is 0 Å². The Hall–Kier alpha value is -3.99. The lowest BCUT2D eigenvalue weighted by Crippen LogP contribution is -2.35. The summed E-state index contributed by atoms with van der Waals surface area (Å²) in [5, 5.41) is 8.30. The number of aryl methyl sites for hydroxylation is 1. The highest BCUT2D eigenvalue weighted by molar-refractivity contribution is 5.72. The standard InChI is InChI=1S/C23H21N5O3.H2/c1-3-4-14-30-23(29)28-12-10-17(11-13-28)19-15-24-16(2)20(25-19)22-27-26-21(31-22)18-8-6-5-7-9-18;/h5-10,15H,11-14H2,1-2H3;1H. The van der Waals surface area contributed by atoms with Crippen LogP contribution in [0, 0.1) is 18.8 Å². The molecule has 0 radical (unpaired) electrons. The van der Waals surface area contributed by atoms with Crippen LogP contribution in [0.5, 0.6) is 0 Å². The van der Waals surface area contributed by atoms with Crippen LogP contribution in [0.15, 0.2) is 47.0 Å². The molecule has 0 unspecified atom stereocenters. The van der Waals surface area contributed by atoms with Gasteiger partial charge in [0, 0.05) is 20.1 Å². The Morgan fingerprint density at radius 2 is 2.06 bits per heavy atom. The lowest BCUT2D eigenvalue weighted by atomic mass is 10.1. The van der Waals surface area contributed by atoms with Crippen LogP contribution < -0.4 is 0 Å². The number of carbonyl (C=O) groups excluding carboxylic acids is 1. The topological polar surface area (TPSA) is 94.2 Å². The molecular weight excluding hydrogens is 394 g/mol. The summed E-state index contributed by atoms with van der Waals surface area (Å²) in [7, 11) is 0. The molecule has 31 heavy (non-hydrogen) atoms. The average molecular weight is 417 g/mol. The second-order valence-corrected chi connectivity index (χ2v) is 6.87. The molecule has 1 aliphatic heterocycles. The summed E-state index contributed by atoms with van der Waals surface area (Å²) in [5.41, 5.74) is 3.83. The molecular formula is C23H23N5O3. The molecule has 0 aliphatic carbocycles. The summed E-state index contributed by atoms with van der Waals surface area (Å²) in [6.45, 7) is 4.64. The predicted molar refractivity (Wildman–Crippen MR) is 117 cm³/mol. The molecule has 3 heterocycles. The second-order valence-electron chi connectivity index (χ2n) is 6.87. The van der Waals surface area contributed by atoms with Crippen LogP contribution in [0.1, 0.15) is 26.2 Å². The zero-order valence-corrected chi connectivity index (χ0v) is 17.3. The molecule has 0 N–H and O–H groups in total. The Balaban J connectivity index is 0.00000289. The van der Waals surface area contributed by atoms with Crippen LogP contribution in [0.4, 0.5) is 4.79 Å². The van der Waals surface area contributed by atoms with Gasteiger partial charge in [-0.2, -0.15) is 0 Å². The molecule has 158 valence electrons. The minimum atomic E-state index is -0.368. The number of ether oxygens (including phenoxy) is 1. The highest BCUT2D eigenvalue weighted by atomic mass is 16.6. The van der Waals surface area contributed by atoms with Crippen molar-refractivity contribution in [2.24, 2.45) is 0 Å². The predicted octanol–water partition coefficient (Wildman–Crippen LogP) is 4.00. The molecule has 8 nitrogen and oxygen atoms in total. The minimum Gasteiger partial charge on any atom is -0.436 e. The molecule has 1 aliphatic rings. The van der Waals surface area contributed by atoms with Crippen LogP contribution in [-0.2, 0) is 4.74 Å². The molecule has 1 aromatic carbocycles. The average Bonchev–Trinajstić information content (AvgIpc) is 3.30. The second kappa shape index (κ2) is 9.22. The van der Waals surface area contributed by atoms with Gasteiger partial charge in [0.2, 0.25) is 5.89 Å². The van der Waals surface area contributed by atoms with Gasteiger partial charge in [0.15, 0.2) is 6.61 Å². The van der Waals surface area contributed by atoms with Crippen molar-refractivity contribution in [3.05, 3.63) is 54.0 Å². The number of amides is 1. The van der Waals surface area contributed by atoms with Gasteiger partial charge in [-0.25, -0.2) is 9.78 Å². The van der Waals surface area contributed by atoms with Crippen LogP contribution >= 0.6 is 0 Å².